The summed E-state index contributed by atoms with van der Waals surface area (Å²) in [4.78, 5) is 40.1. The third-order valence-corrected chi connectivity index (χ3v) is 10.8. The molecule has 0 unspecified atom stereocenters. The number of rotatable bonds is 5. The second-order valence-electron chi connectivity index (χ2n) is 12.5. The van der Waals surface area contributed by atoms with Crippen LogP contribution >= 0.6 is 0 Å². The number of aliphatic hydroxyl groups is 1. The number of benzene rings is 2. The van der Waals surface area contributed by atoms with Crippen LogP contribution in [0.25, 0.3) is 0 Å². The summed E-state index contributed by atoms with van der Waals surface area (Å²) in [6, 6.07) is 18.8. The average molecular weight is 573 g/mol. The number of hydrogen-bond acceptors (Lipinski definition) is 7. The van der Waals surface area contributed by atoms with Crippen LogP contribution < -0.4 is 0 Å². The number of carbonyl (C=O) groups excluding carboxylic acids is 2. The predicted molar refractivity (Wildman–Crippen MR) is 152 cm³/mol. The summed E-state index contributed by atoms with van der Waals surface area (Å²) in [6.07, 6.45) is 0.691. The number of esters is 2. The summed E-state index contributed by atoms with van der Waals surface area (Å²) in [6.45, 7) is 5.45. The van der Waals surface area contributed by atoms with E-state index in [2.05, 4.69) is 6.92 Å². The molecule has 8 nitrogen and oxygen atoms in total. The van der Waals surface area contributed by atoms with Gasteiger partial charge in [-0.3, -0.25) is 4.79 Å². The first-order valence-electron chi connectivity index (χ1n) is 14.6. The van der Waals surface area contributed by atoms with Gasteiger partial charge in [0.1, 0.15) is 29.0 Å². The minimum absolute atomic E-state index is 0.00425. The Hall–Kier alpha value is -3.91. The first-order chi connectivity index (χ1) is 20.0. The number of fused-ring (bicyclic) bond motifs is 4. The molecule has 3 aliphatic carbocycles. The van der Waals surface area contributed by atoms with Gasteiger partial charge in [0.2, 0.25) is 0 Å². The molecule has 2 saturated carbocycles. The van der Waals surface area contributed by atoms with Crippen LogP contribution in [0.4, 0.5) is 0 Å². The van der Waals surface area contributed by atoms with Crippen molar-refractivity contribution in [2.24, 2.45) is 22.7 Å². The Morgan fingerprint density at radius 1 is 0.881 bits per heavy atom. The van der Waals surface area contributed by atoms with Crippen LogP contribution in [-0.2, 0) is 20.7 Å². The van der Waals surface area contributed by atoms with Crippen molar-refractivity contribution in [1.29, 1.82) is 0 Å². The number of carboxylic acid groups (broad SMARTS) is 1. The zero-order valence-electron chi connectivity index (χ0n) is 24.0. The van der Waals surface area contributed by atoms with Crippen molar-refractivity contribution < 1.29 is 38.5 Å². The normalized spacial score (nSPS) is 35.2. The first kappa shape index (κ1) is 28.2. The first-order valence-corrected chi connectivity index (χ1v) is 14.6. The van der Waals surface area contributed by atoms with Gasteiger partial charge in [0.25, 0.3) is 0 Å². The van der Waals surface area contributed by atoms with E-state index in [4.69, 9.17) is 13.9 Å². The molecule has 2 aromatic carbocycles. The minimum Gasteiger partial charge on any atom is -0.481 e. The summed E-state index contributed by atoms with van der Waals surface area (Å²) in [5.41, 5.74) is -3.42. The Bertz CT molecular complexity index is 1500. The molecule has 220 valence electrons. The van der Waals surface area contributed by atoms with Crippen molar-refractivity contribution in [2.75, 3.05) is 0 Å². The van der Waals surface area contributed by atoms with Crippen LogP contribution in [0.15, 0.2) is 77.4 Å². The van der Waals surface area contributed by atoms with E-state index in [1.54, 1.807) is 66.9 Å². The molecular formula is C34H36O8. The third-order valence-electron chi connectivity index (χ3n) is 10.8. The molecule has 8 heteroatoms. The van der Waals surface area contributed by atoms with Crippen LogP contribution in [0.3, 0.4) is 0 Å². The largest absolute Gasteiger partial charge is 0.481 e. The topological polar surface area (TPSA) is 123 Å². The highest BCUT2D eigenvalue weighted by Gasteiger charge is 2.77. The smallest absolute Gasteiger partial charge is 0.338 e. The van der Waals surface area contributed by atoms with Crippen LogP contribution in [0.1, 0.15) is 78.0 Å². The monoisotopic (exact) mass is 572 g/mol. The summed E-state index contributed by atoms with van der Waals surface area (Å²) in [7, 11) is 0. The lowest BCUT2D eigenvalue weighted by Gasteiger charge is -2.67. The van der Waals surface area contributed by atoms with Crippen molar-refractivity contribution in [3.63, 3.8) is 0 Å². The maximum atomic E-state index is 13.5. The fraction of sp³-hybridized carbons (Fsp3) is 0.441. The SMILES string of the molecule is C[C@H]1c2ccoc2C[C@H]2[C@H]1C[C@@H](OC(=O)c1ccccc1)[C@@]1(O)[C@@](C)(C(=O)O)[C@@H](OC(=O)c3ccccc3)CC[C@]21C. The predicted octanol–water partition coefficient (Wildman–Crippen LogP) is 5.65. The van der Waals surface area contributed by atoms with Crippen molar-refractivity contribution >= 4 is 17.9 Å². The lowest BCUT2D eigenvalue weighted by atomic mass is 9.39. The lowest BCUT2D eigenvalue weighted by Crippen LogP contribution is -2.78. The molecule has 0 saturated heterocycles. The van der Waals surface area contributed by atoms with Crippen LogP contribution in [0, 0.1) is 22.7 Å². The highest BCUT2D eigenvalue weighted by atomic mass is 16.6. The summed E-state index contributed by atoms with van der Waals surface area (Å²) >= 11 is 0. The fourth-order valence-corrected chi connectivity index (χ4v) is 8.41. The molecule has 0 aliphatic heterocycles. The zero-order valence-corrected chi connectivity index (χ0v) is 24.0. The van der Waals surface area contributed by atoms with E-state index in [0.717, 1.165) is 11.3 Å². The molecule has 1 aromatic heterocycles. The van der Waals surface area contributed by atoms with E-state index in [1.165, 1.54) is 6.92 Å². The molecule has 0 bridgehead atoms. The van der Waals surface area contributed by atoms with Crippen molar-refractivity contribution in [1.82, 2.24) is 0 Å². The fourth-order valence-electron chi connectivity index (χ4n) is 8.41. The maximum absolute atomic E-state index is 13.5. The Morgan fingerprint density at radius 3 is 2.02 bits per heavy atom. The summed E-state index contributed by atoms with van der Waals surface area (Å²) in [5.74, 6) is -1.91. The minimum atomic E-state index is -2.08. The second-order valence-corrected chi connectivity index (χ2v) is 12.5. The van der Waals surface area contributed by atoms with E-state index >= 15 is 0 Å². The van der Waals surface area contributed by atoms with Crippen LogP contribution in [0.2, 0.25) is 0 Å². The highest BCUT2D eigenvalue weighted by molar-refractivity contribution is 5.90. The molecular weight excluding hydrogens is 536 g/mol. The van der Waals surface area contributed by atoms with Crippen LogP contribution in [0.5, 0.6) is 0 Å². The number of carbonyl (C=O) groups is 3. The van der Waals surface area contributed by atoms with Gasteiger partial charge in [-0.05, 0) is 79.8 Å². The molecule has 3 aliphatic rings. The van der Waals surface area contributed by atoms with Gasteiger partial charge in [0.05, 0.1) is 17.4 Å². The van der Waals surface area contributed by atoms with Crippen molar-refractivity contribution in [3.05, 3.63) is 95.4 Å². The molecule has 2 N–H and O–H groups in total. The maximum Gasteiger partial charge on any atom is 0.338 e. The second kappa shape index (κ2) is 10.1. The Balaban J connectivity index is 1.46. The van der Waals surface area contributed by atoms with Gasteiger partial charge in [-0.15, -0.1) is 0 Å². The molecule has 0 spiro atoms. The molecule has 0 radical (unpaired) electrons. The number of aliphatic carboxylic acids is 1. The van der Waals surface area contributed by atoms with E-state index in [9.17, 15) is 24.6 Å². The van der Waals surface area contributed by atoms with E-state index in [0.29, 0.717) is 18.4 Å². The van der Waals surface area contributed by atoms with Crippen LogP contribution in [-0.4, -0.2) is 45.9 Å². The van der Waals surface area contributed by atoms with Gasteiger partial charge in [-0.25, -0.2) is 9.59 Å². The standard InChI is InChI=1S/C34H36O8/c1-20-23-15-17-40-26(23)19-25-24(20)18-28(42-30(36)22-12-8-5-9-13-22)34(39)32(25,2)16-14-27(33(34,3)31(37)38)41-29(35)21-10-6-4-7-11-21/h4-13,15,17,20,24-25,27-28,39H,14,16,18-19H2,1-3H3,(H,37,38)/t20-,24-,25-,27-,28+,32+,33+,34-/m0/s1. The van der Waals surface area contributed by atoms with Gasteiger partial charge in [0, 0.05) is 11.8 Å². The molecule has 3 aromatic rings. The quantitative estimate of drug-likeness (QED) is 0.376. The number of carboxylic acids is 1. The summed E-state index contributed by atoms with van der Waals surface area (Å²) in [5, 5.41) is 24.0. The Labute approximate surface area is 244 Å². The average Bonchev–Trinajstić information content (AvgIpc) is 3.47. The molecule has 2 fully saturated rings. The third kappa shape index (κ3) is 3.95. The Kier molecular flexibility index (Phi) is 6.80. The van der Waals surface area contributed by atoms with Gasteiger partial charge in [-0.1, -0.05) is 50.2 Å². The number of ether oxygens (including phenoxy) is 2. The number of hydrogen-bond donors (Lipinski definition) is 2. The molecule has 42 heavy (non-hydrogen) atoms. The van der Waals surface area contributed by atoms with Crippen molar-refractivity contribution in [2.45, 2.75) is 70.2 Å². The highest BCUT2D eigenvalue weighted by Crippen LogP contribution is 2.68. The van der Waals surface area contributed by atoms with Crippen molar-refractivity contribution in [3.8, 4) is 0 Å². The lowest BCUT2D eigenvalue weighted by molar-refractivity contribution is -0.306. The van der Waals surface area contributed by atoms with Gasteiger partial charge in [0.15, 0.2) is 0 Å². The zero-order chi connectivity index (χ0) is 29.9. The molecule has 1 heterocycles. The molecule has 6 rings (SSSR count). The molecule has 8 atom stereocenters. The summed E-state index contributed by atoms with van der Waals surface area (Å²) < 4.78 is 17.9. The van der Waals surface area contributed by atoms with Gasteiger partial charge >= 0.3 is 17.9 Å². The van der Waals surface area contributed by atoms with E-state index in [1.807, 2.05) is 13.0 Å². The van der Waals surface area contributed by atoms with Gasteiger partial charge < -0.3 is 24.1 Å². The van der Waals surface area contributed by atoms with Gasteiger partial charge in [-0.2, -0.15) is 0 Å². The number of furan rings is 1. The molecule has 0 amide bonds. The Morgan fingerprint density at radius 2 is 1.45 bits per heavy atom. The van der Waals surface area contributed by atoms with E-state index in [-0.39, 0.29) is 36.2 Å². The van der Waals surface area contributed by atoms with E-state index < -0.39 is 46.5 Å².